The molecule has 0 atom stereocenters. The summed E-state index contributed by atoms with van der Waals surface area (Å²) in [5.74, 6) is 0. The van der Waals surface area contributed by atoms with Crippen molar-refractivity contribution in [1.29, 1.82) is 0 Å². The van der Waals surface area contributed by atoms with Crippen molar-refractivity contribution < 1.29 is 23.4 Å². The van der Waals surface area contributed by atoms with E-state index >= 15 is 0 Å². The fourth-order valence-corrected chi connectivity index (χ4v) is 4.00. The summed E-state index contributed by atoms with van der Waals surface area (Å²) in [6, 6.07) is 0.564. The number of hydrogen-bond donors (Lipinski definition) is 0. The molecule has 1 saturated heterocycles. The van der Waals surface area contributed by atoms with Crippen molar-refractivity contribution in [2.24, 2.45) is 0 Å². The number of quaternary nitrogens is 1. The summed E-state index contributed by atoms with van der Waals surface area (Å²) in [4.78, 5) is 0. The Morgan fingerprint density at radius 2 is 1.22 bits per heavy atom. The van der Waals surface area contributed by atoms with Gasteiger partial charge in [-0.25, -0.2) is 4.42 Å². The molecule has 0 aromatic carbocycles. The topological polar surface area (TPSA) is 40.2 Å². The first-order valence-corrected chi connectivity index (χ1v) is 10.4. The van der Waals surface area contributed by atoms with Crippen LogP contribution in [0.1, 0.15) is 40.5 Å². The van der Waals surface area contributed by atoms with Crippen molar-refractivity contribution in [1.82, 2.24) is 4.42 Å². The van der Waals surface area contributed by atoms with Crippen LogP contribution in [-0.4, -0.2) is 100 Å². The van der Waals surface area contributed by atoms with Gasteiger partial charge in [0.05, 0.1) is 66.4 Å². The first-order chi connectivity index (χ1) is 12.5. The van der Waals surface area contributed by atoms with Crippen LogP contribution in [0, 0.1) is 0 Å². The maximum atomic E-state index is 6.61. The first-order valence-electron chi connectivity index (χ1n) is 10.0. The summed E-state index contributed by atoms with van der Waals surface area (Å²) in [7, 11) is 6.27. The Labute approximate surface area is 171 Å². The number of piperidine rings is 1. The third kappa shape index (κ3) is 8.52. The van der Waals surface area contributed by atoms with Crippen LogP contribution in [-0.2, 0) is 18.9 Å². The van der Waals surface area contributed by atoms with Gasteiger partial charge in [0.15, 0.2) is 0 Å². The molecule has 0 N–H and O–H groups in total. The monoisotopic (exact) mass is 409 g/mol. The molecule has 1 fully saturated rings. The van der Waals surface area contributed by atoms with Gasteiger partial charge in [-0.1, -0.05) is 0 Å². The van der Waals surface area contributed by atoms with Gasteiger partial charge in [-0.2, -0.15) is 0 Å². The zero-order valence-corrected chi connectivity index (χ0v) is 19.3. The predicted octanol–water partition coefficient (Wildman–Crippen LogP) is 2.93. The molecule has 6 nitrogen and oxygen atoms in total. The molecule has 7 heteroatoms. The second-order valence-corrected chi connectivity index (χ2v) is 9.64. The second-order valence-electron chi connectivity index (χ2n) is 9.30. The minimum absolute atomic E-state index is 0.0104. The van der Waals surface area contributed by atoms with Crippen molar-refractivity contribution in [2.45, 2.75) is 57.7 Å². The predicted molar refractivity (Wildman–Crippen MR) is 110 cm³/mol. The van der Waals surface area contributed by atoms with E-state index in [0.717, 1.165) is 30.5 Å². The molecule has 0 aromatic rings. The van der Waals surface area contributed by atoms with Crippen molar-refractivity contribution >= 4 is 11.8 Å². The van der Waals surface area contributed by atoms with Crippen LogP contribution in [0.25, 0.3) is 0 Å². The zero-order valence-electron chi connectivity index (χ0n) is 18.6. The molecule has 0 saturated carbocycles. The minimum atomic E-state index is -0.0104. The van der Waals surface area contributed by atoms with E-state index in [-0.39, 0.29) is 11.1 Å². The summed E-state index contributed by atoms with van der Waals surface area (Å²) < 4.78 is 24.5. The molecule has 0 aliphatic carbocycles. The molecule has 1 rings (SSSR count). The molecule has 0 amide bonds. The van der Waals surface area contributed by atoms with E-state index in [4.69, 9.17) is 30.7 Å². The molecule has 0 bridgehead atoms. The molecule has 1 aliphatic heterocycles. The van der Waals surface area contributed by atoms with E-state index in [1.165, 1.54) is 0 Å². The second kappa shape index (κ2) is 11.3. The van der Waals surface area contributed by atoms with Gasteiger partial charge in [0, 0.05) is 31.0 Å². The van der Waals surface area contributed by atoms with Gasteiger partial charge in [0.25, 0.3) is 0 Å². The number of hydrogen-bond acceptors (Lipinski definition) is 5. The summed E-state index contributed by atoms with van der Waals surface area (Å²) in [5.41, 5.74) is -0.0208. The highest BCUT2D eigenvalue weighted by atomic mass is 35.5. The van der Waals surface area contributed by atoms with Gasteiger partial charge in [0.1, 0.15) is 6.54 Å². The molecule has 27 heavy (non-hydrogen) atoms. The lowest BCUT2D eigenvalue weighted by atomic mass is 9.78. The number of rotatable bonds is 13. The van der Waals surface area contributed by atoms with Crippen LogP contribution < -0.4 is 0 Å². The number of likely N-dealkylation sites (N-methyl/N-ethyl adjacent to an activating group) is 1. The Kier molecular flexibility index (Phi) is 10.5. The highest BCUT2D eigenvalue weighted by molar-refractivity contribution is 6.14. The van der Waals surface area contributed by atoms with E-state index < -0.39 is 0 Å². The summed E-state index contributed by atoms with van der Waals surface area (Å²) in [6.07, 6.45) is 2.16. The van der Waals surface area contributed by atoms with Gasteiger partial charge >= 0.3 is 0 Å². The summed E-state index contributed by atoms with van der Waals surface area (Å²) in [6.45, 7) is 14.3. The quantitative estimate of drug-likeness (QED) is 0.266. The van der Waals surface area contributed by atoms with Crippen molar-refractivity contribution in [3.63, 3.8) is 0 Å². The Hall–Kier alpha value is 0.0500. The summed E-state index contributed by atoms with van der Waals surface area (Å²) >= 11 is 6.61. The zero-order chi connectivity index (χ0) is 20.6. The van der Waals surface area contributed by atoms with Gasteiger partial charge in [0.2, 0.25) is 0 Å². The molecular weight excluding hydrogens is 368 g/mol. The standard InChI is InChI=1S/C20H42ClN2O4/c1-19(2)16-18(17-20(3,4)22(19)21)23(5,6)8-9-25-12-13-27-15-14-26-11-10-24-7/h18H,8-17H2,1-7H3/q+1. The SMILES string of the molecule is COCCOCCOCCOCC[N+](C)(C)C1CC(C)(C)N(Cl)C(C)(C)C1. The Morgan fingerprint density at radius 1 is 0.815 bits per heavy atom. The fourth-order valence-electron chi connectivity index (χ4n) is 3.87. The van der Waals surface area contributed by atoms with Crippen molar-refractivity contribution in [3.05, 3.63) is 0 Å². The van der Waals surface area contributed by atoms with Crippen molar-refractivity contribution in [2.75, 3.05) is 74.0 Å². The van der Waals surface area contributed by atoms with E-state index in [9.17, 15) is 0 Å². The van der Waals surface area contributed by atoms with E-state index in [1.54, 1.807) is 7.11 Å². The van der Waals surface area contributed by atoms with Crippen LogP contribution in [0.5, 0.6) is 0 Å². The molecule has 0 unspecified atom stereocenters. The maximum Gasteiger partial charge on any atom is 0.102 e. The molecule has 0 radical (unpaired) electrons. The van der Waals surface area contributed by atoms with Gasteiger partial charge in [-0.15, -0.1) is 0 Å². The van der Waals surface area contributed by atoms with E-state index in [2.05, 4.69) is 41.8 Å². The Balaban J connectivity index is 2.22. The smallest absolute Gasteiger partial charge is 0.102 e. The Bertz CT molecular complexity index is 401. The van der Waals surface area contributed by atoms with Crippen molar-refractivity contribution in [3.8, 4) is 0 Å². The van der Waals surface area contributed by atoms with Crippen LogP contribution in [0.15, 0.2) is 0 Å². The lowest BCUT2D eigenvalue weighted by molar-refractivity contribution is -0.918. The molecule has 1 aliphatic rings. The van der Waals surface area contributed by atoms with Crippen LogP contribution in [0.3, 0.4) is 0 Å². The number of halogens is 1. The van der Waals surface area contributed by atoms with E-state index in [0.29, 0.717) is 45.7 Å². The van der Waals surface area contributed by atoms with E-state index in [1.807, 2.05) is 4.42 Å². The third-order valence-electron chi connectivity index (χ3n) is 5.51. The normalized spacial score (nSPS) is 20.9. The average Bonchev–Trinajstić information content (AvgIpc) is 2.57. The first kappa shape index (κ1) is 25.1. The number of methoxy groups -OCH3 is 1. The molecular formula is C20H42ClN2O4+. The highest BCUT2D eigenvalue weighted by Gasteiger charge is 2.49. The molecule has 0 spiro atoms. The average molecular weight is 410 g/mol. The number of nitrogens with zero attached hydrogens (tertiary/aromatic N) is 2. The van der Waals surface area contributed by atoms with Gasteiger partial charge in [-0.05, 0) is 39.5 Å². The summed E-state index contributed by atoms with van der Waals surface area (Å²) in [5, 5.41) is 0. The van der Waals surface area contributed by atoms with Crippen LogP contribution in [0.4, 0.5) is 0 Å². The largest absolute Gasteiger partial charge is 0.382 e. The lowest BCUT2D eigenvalue weighted by Gasteiger charge is -2.54. The fraction of sp³-hybridized carbons (Fsp3) is 1.00. The minimum Gasteiger partial charge on any atom is -0.382 e. The van der Waals surface area contributed by atoms with Gasteiger partial charge < -0.3 is 23.4 Å². The molecule has 0 aromatic heterocycles. The number of ether oxygens (including phenoxy) is 4. The van der Waals surface area contributed by atoms with Crippen LogP contribution in [0.2, 0.25) is 0 Å². The van der Waals surface area contributed by atoms with Crippen LogP contribution >= 0.6 is 11.8 Å². The highest BCUT2D eigenvalue weighted by Crippen LogP contribution is 2.42. The molecule has 162 valence electrons. The molecule has 1 heterocycles. The maximum absolute atomic E-state index is 6.61. The Morgan fingerprint density at radius 3 is 1.67 bits per heavy atom. The lowest BCUT2D eigenvalue weighted by Crippen LogP contribution is -2.64. The van der Waals surface area contributed by atoms with Gasteiger partial charge in [-0.3, -0.25) is 0 Å². The third-order valence-corrected chi connectivity index (χ3v) is 6.42.